The maximum atomic E-state index is 14.9. The number of aliphatic hydroxyl groups is 1. The molecule has 3 aromatic carbocycles. The van der Waals surface area contributed by atoms with E-state index in [9.17, 15) is 24.3 Å². The Morgan fingerprint density at radius 1 is 0.917 bits per heavy atom. The van der Waals surface area contributed by atoms with Gasteiger partial charge in [0, 0.05) is 32.2 Å². The molecule has 10 heteroatoms. The third-order valence-electron chi connectivity index (χ3n) is 10.3. The molecule has 1 spiro atoms. The van der Waals surface area contributed by atoms with Crippen LogP contribution in [0, 0.1) is 11.8 Å². The molecular weight excluding hydrogens is 610 g/mol. The fourth-order valence-electron chi connectivity index (χ4n) is 7.78. The van der Waals surface area contributed by atoms with E-state index in [4.69, 9.17) is 9.47 Å². The van der Waals surface area contributed by atoms with Crippen molar-refractivity contribution in [2.45, 2.75) is 49.7 Å². The van der Waals surface area contributed by atoms with Gasteiger partial charge in [-0.1, -0.05) is 85.0 Å². The van der Waals surface area contributed by atoms with Crippen molar-refractivity contribution in [2.24, 2.45) is 11.8 Å². The molecule has 10 nitrogen and oxygen atoms in total. The normalized spacial score (nSPS) is 31.4. The predicted octanol–water partition coefficient (Wildman–Crippen LogP) is 3.80. The molecule has 4 aliphatic rings. The van der Waals surface area contributed by atoms with Crippen molar-refractivity contribution in [1.29, 1.82) is 0 Å². The number of likely N-dealkylation sites (tertiary alicyclic amines) is 1. The number of carbonyl (C=O) groups is 4. The molecular formula is C38H39N3O7. The van der Waals surface area contributed by atoms with Gasteiger partial charge >= 0.3 is 5.97 Å². The average Bonchev–Trinajstić information content (AvgIpc) is 3.75. The van der Waals surface area contributed by atoms with Gasteiger partial charge < -0.3 is 29.3 Å². The van der Waals surface area contributed by atoms with E-state index in [0.29, 0.717) is 17.7 Å². The lowest BCUT2D eigenvalue weighted by Crippen LogP contribution is -2.56. The lowest BCUT2D eigenvalue weighted by molar-refractivity contribution is -0.164. The fraction of sp³-hybridized carbons (Fsp3) is 0.368. The highest BCUT2D eigenvalue weighted by Gasteiger charge is 2.73. The Morgan fingerprint density at radius 3 is 2.44 bits per heavy atom. The second-order valence-electron chi connectivity index (χ2n) is 13.0. The number of allylic oxidation sites excluding steroid dienone is 1. The molecule has 4 aliphatic heterocycles. The van der Waals surface area contributed by atoms with Crippen molar-refractivity contribution in [1.82, 2.24) is 9.80 Å². The molecule has 0 radical (unpaired) electrons. The minimum Gasteiger partial charge on any atom is -0.455 e. The molecule has 0 aromatic heterocycles. The summed E-state index contributed by atoms with van der Waals surface area (Å²) in [5.41, 5.74) is -0.0883. The summed E-state index contributed by atoms with van der Waals surface area (Å²) in [6.07, 6.45) is 6.29. The third-order valence-corrected chi connectivity index (χ3v) is 10.3. The number of aliphatic hydroxyl groups excluding tert-OH is 1. The van der Waals surface area contributed by atoms with Gasteiger partial charge in [-0.05, 0) is 41.8 Å². The summed E-state index contributed by atoms with van der Waals surface area (Å²) < 4.78 is 12.8. The van der Waals surface area contributed by atoms with Crippen LogP contribution < -0.4 is 4.90 Å². The van der Waals surface area contributed by atoms with Gasteiger partial charge in [0.15, 0.2) is 0 Å². The van der Waals surface area contributed by atoms with Gasteiger partial charge in [0.25, 0.3) is 5.91 Å². The van der Waals surface area contributed by atoms with Crippen LogP contribution in [-0.2, 0) is 28.7 Å². The number of fused-ring (bicyclic) bond motifs is 3. The van der Waals surface area contributed by atoms with Crippen LogP contribution in [0.4, 0.5) is 5.69 Å². The van der Waals surface area contributed by atoms with E-state index in [1.165, 1.54) is 4.90 Å². The Labute approximate surface area is 279 Å². The average molecular weight is 650 g/mol. The van der Waals surface area contributed by atoms with Crippen LogP contribution in [0.15, 0.2) is 97.1 Å². The Hall–Kier alpha value is -4.80. The molecule has 248 valence electrons. The smallest absolute Gasteiger partial charge is 0.313 e. The van der Waals surface area contributed by atoms with Gasteiger partial charge in [0.1, 0.15) is 23.7 Å². The number of anilines is 1. The van der Waals surface area contributed by atoms with Crippen LogP contribution in [0.3, 0.4) is 0 Å². The first-order valence-corrected chi connectivity index (χ1v) is 16.5. The first-order chi connectivity index (χ1) is 23.2. The fourth-order valence-corrected chi connectivity index (χ4v) is 7.78. The van der Waals surface area contributed by atoms with Gasteiger partial charge in [-0.2, -0.15) is 0 Å². The summed E-state index contributed by atoms with van der Waals surface area (Å²) in [6.45, 7) is 1.54. The lowest BCUT2D eigenvalue weighted by atomic mass is 9.74. The molecule has 7 rings (SSSR count). The van der Waals surface area contributed by atoms with E-state index in [1.54, 1.807) is 29.0 Å². The van der Waals surface area contributed by atoms with Crippen molar-refractivity contribution in [3.63, 3.8) is 0 Å². The summed E-state index contributed by atoms with van der Waals surface area (Å²) in [5, 5.41) is 12.0. The zero-order chi connectivity index (χ0) is 33.6. The number of rotatable bonds is 4. The molecule has 2 saturated heterocycles. The third kappa shape index (κ3) is 5.20. The molecule has 48 heavy (non-hydrogen) atoms. The van der Waals surface area contributed by atoms with Gasteiger partial charge in [0.05, 0.1) is 24.7 Å². The number of β-amino-alcohol motifs (C(OH)–C–C–N with tert-alkyl or cyclic N) is 1. The highest BCUT2D eigenvalue weighted by atomic mass is 16.6. The molecule has 0 unspecified atom stereocenters. The van der Waals surface area contributed by atoms with E-state index in [-0.39, 0.29) is 32.0 Å². The Balaban J connectivity index is 1.33. The largest absolute Gasteiger partial charge is 0.455 e. The Morgan fingerprint density at radius 2 is 1.67 bits per heavy atom. The summed E-state index contributed by atoms with van der Waals surface area (Å²) in [7, 11) is 1.70. The quantitative estimate of drug-likeness (QED) is 0.338. The van der Waals surface area contributed by atoms with Gasteiger partial charge in [0.2, 0.25) is 11.8 Å². The molecule has 5 bridgehead atoms. The van der Waals surface area contributed by atoms with Crippen LogP contribution in [0.1, 0.15) is 31.4 Å². The molecule has 0 saturated carbocycles. The summed E-state index contributed by atoms with van der Waals surface area (Å²) in [4.78, 5) is 61.3. The molecule has 4 heterocycles. The standard InChI is InChI=1S/C38H39N3O7/c1-24-33(26-12-5-3-6-13-26)47-37(46)31-29-18-19-38(48-29)32(31)35(44)41(21-22-42)34(38)36(45)40(20-10-4-7-15-30(43)39(24)2)28-17-16-25-11-8-9-14-27(25)23-28/h3-6,8-14,16-19,23-24,29,31-34,42H,7,15,20-22H2,1-2H3/b10-4-/t24-,29+,31-,32-,33+,34+,38-/m0/s1. The highest BCUT2D eigenvalue weighted by molar-refractivity contribution is 6.06. The van der Waals surface area contributed by atoms with E-state index in [0.717, 1.165) is 10.8 Å². The van der Waals surface area contributed by atoms with Crippen molar-refractivity contribution < 1.29 is 33.8 Å². The maximum Gasteiger partial charge on any atom is 0.313 e. The van der Waals surface area contributed by atoms with Crippen LogP contribution in [-0.4, -0.2) is 89.1 Å². The number of amides is 3. The van der Waals surface area contributed by atoms with Crippen molar-refractivity contribution in [3.8, 4) is 0 Å². The van der Waals surface area contributed by atoms with Gasteiger partial charge in [-0.25, -0.2) is 0 Å². The molecule has 2 fully saturated rings. The van der Waals surface area contributed by atoms with Gasteiger partial charge in [-0.15, -0.1) is 0 Å². The number of hydrogen-bond donors (Lipinski definition) is 1. The van der Waals surface area contributed by atoms with Crippen LogP contribution in [0.25, 0.3) is 10.8 Å². The van der Waals surface area contributed by atoms with E-state index in [2.05, 4.69) is 0 Å². The predicted molar refractivity (Wildman–Crippen MR) is 178 cm³/mol. The lowest BCUT2D eigenvalue weighted by Gasteiger charge is -2.35. The SMILES string of the molecule is C[C@H]1[C@H](c2ccccc2)OC(=O)[C@@H]2[C@H]3C(=O)N(CCO)[C@H](C(=O)N(c4ccc5ccccc5c4)C/C=C\CCC(=O)N1C)[C@]31C=C[C@H]2O1. The summed E-state index contributed by atoms with van der Waals surface area (Å²) >= 11 is 0. The van der Waals surface area contributed by atoms with Crippen molar-refractivity contribution in [2.75, 3.05) is 31.6 Å². The van der Waals surface area contributed by atoms with Crippen LogP contribution in [0.2, 0.25) is 0 Å². The van der Waals surface area contributed by atoms with Crippen molar-refractivity contribution in [3.05, 3.63) is 103 Å². The minimum absolute atomic E-state index is 0.102. The zero-order valence-corrected chi connectivity index (χ0v) is 27.0. The molecule has 1 N–H and O–H groups in total. The number of esters is 1. The summed E-state index contributed by atoms with van der Waals surface area (Å²) in [6, 6.07) is 21.2. The minimum atomic E-state index is -1.43. The monoisotopic (exact) mass is 649 g/mol. The number of benzene rings is 3. The number of hydrogen-bond acceptors (Lipinski definition) is 7. The number of nitrogens with zero attached hydrogens (tertiary/aromatic N) is 3. The molecule has 3 aromatic rings. The van der Waals surface area contributed by atoms with E-state index >= 15 is 0 Å². The van der Waals surface area contributed by atoms with Crippen LogP contribution in [0.5, 0.6) is 0 Å². The topological polar surface area (TPSA) is 117 Å². The highest BCUT2D eigenvalue weighted by Crippen LogP contribution is 2.56. The first kappa shape index (κ1) is 31.8. The van der Waals surface area contributed by atoms with Crippen LogP contribution >= 0.6 is 0 Å². The number of carbonyl (C=O) groups excluding carboxylic acids is 4. The van der Waals surface area contributed by atoms with E-state index < -0.39 is 59.5 Å². The molecule has 0 aliphatic carbocycles. The molecule has 3 amide bonds. The number of cyclic esters (lactones) is 1. The number of likely N-dealkylation sites (N-methyl/N-ethyl adjacent to an activating group) is 1. The number of ether oxygens (including phenoxy) is 2. The Kier molecular flexibility index (Phi) is 8.39. The van der Waals surface area contributed by atoms with Gasteiger partial charge in [-0.3, -0.25) is 19.2 Å². The maximum absolute atomic E-state index is 14.9. The second-order valence-corrected chi connectivity index (χ2v) is 13.0. The molecule has 7 atom stereocenters. The first-order valence-electron chi connectivity index (χ1n) is 16.5. The van der Waals surface area contributed by atoms with E-state index in [1.807, 2.05) is 91.9 Å². The Bertz CT molecular complexity index is 1810. The second kappa shape index (κ2) is 12.7. The van der Waals surface area contributed by atoms with Crippen molar-refractivity contribution >= 4 is 40.2 Å². The summed E-state index contributed by atoms with van der Waals surface area (Å²) in [5.74, 6) is -3.64. The zero-order valence-electron chi connectivity index (χ0n) is 27.0.